The lowest BCUT2D eigenvalue weighted by atomic mass is 10.1. The number of likely N-dealkylation sites (N-methyl/N-ethyl adjacent to an activating group) is 1. The summed E-state index contributed by atoms with van der Waals surface area (Å²) in [7, 11) is 2.06. The second-order valence-corrected chi connectivity index (χ2v) is 4.52. The zero-order valence-corrected chi connectivity index (χ0v) is 10.0. The molecule has 2 rings (SSSR count). The highest BCUT2D eigenvalue weighted by molar-refractivity contribution is 5.97. The van der Waals surface area contributed by atoms with Gasteiger partial charge in [0.25, 0.3) is 5.91 Å². The molecule has 0 bridgehead atoms. The minimum Gasteiger partial charge on any atom is -0.397 e. The highest BCUT2D eigenvalue weighted by Gasteiger charge is 2.20. The van der Waals surface area contributed by atoms with E-state index < -0.39 is 0 Å². The van der Waals surface area contributed by atoms with Gasteiger partial charge in [-0.25, -0.2) is 4.98 Å². The van der Waals surface area contributed by atoms with Gasteiger partial charge >= 0.3 is 0 Å². The summed E-state index contributed by atoms with van der Waals surface area (Å²) in [6, 6.07) is 3.61. The molecule has 1 unspecified atom stereocenters. The molecular weight excluding hydrogens is 216 g/mol. The molecule has 1 aromatic rings. The van der Waals surface area contributed by atoms with Gasteiger partial charge < -0.3 is 16.0 Å². The van der Waals surface area contributed by atoms with Gasteiger partial charge in [-0.15, -0.1) is 0 Å². The summed E-state index contributed by atoms with van der Waals surface area (Å²) >= 11 is 0. The standard InChI is InChI=1S/C12H18N4O/c1-16-7-3-4-9(8-16)15-12(17)11-10(13)5-2-6-14-11/h2,5-6,9H,3-4,7-8,13H2,1H3,(H,15,17). The molecule has 1 aliphatic rings. The van der Waals surface area contributed by atoms with Crippen molar-refractivity contribution in [3.8, 4) is 0 Å². The lowest BCUT2D eigenvalue weighted by Crippen LogP contribution is -2.46. The van der Waals surface area contributed by atoms with Crippen molar-refractivity contribution in [1.29, 1.82) is 0 Å². The van der Waals surface area contributed by atoms with E-state index in [1.54, 1.807) is 18.3 Å². The number of carbonyl (C=O) groups excluding carboxylic acids is 1. The molecule has 1 aliphatic heterocycles. The smallest absolute Gasteiger partial charge is 0.272 e. The van der Waals surface area contributed by atoms with E-state index in [9.17, 15) is 4.79 Å². The predicted octanol–water partition coefficient (Wildman–Crippen LogP) is 0.488. The molecule has 0 spiro atoms. The van der Waals surface area contributed by atoms with Crippen LogP contribution in [0.3, 0.4) is 0 Å². The first-order chi connectivity index (χ1) is 8.16. The molecular formula is C12H18N4O. The number of pyridine rings is 1. The average molecular weight is 234 g/mol. The van der Waals surface area contributed by atoms with Crippen molar-refractivity contribution in [2.75, 3.05) is 25.9 Å². The van der Waals surface area contributed by atoms with E-state index in [0.29, 0.717) is 11.4 Å². The molecule has 1 aromatic heterocycles. The van der Waals surface area contributed by atoms with Gasteiger partial charge in [-0.2, -0.15) is 0 Å². The Balaban J connectivity index is 1.99. The molecule has 5 nitrogen and oxygen atoms in total. The molecule has 1 atom stereocenters. The average Bonchev–Trinajstić information content (AvgIpc) is 2.29. The number of nitrogens with zero attached hydrogens (tertiary/aromatic N) is 2. The monoisotopic (exact) mass is 234 g/mol. The quantitative estimate of drug-likeness (QED) is 0.781. The number of piperidine rings is 1. The Morgan fingerprint density at radius 1 is 1.65 bits per heavy atom. The molecule has 92 valence electrons. The van der Waals surface area contributed by atoms with Gasteiger partial charge in [0.05, 0.1) is 5.69 Å². The summed E-state index contributed by atoms with van der Waals surface area (Å²) in [5, 5.41) is 2.98. The SMILES string of the molecule is CN1CCCC(NC(=O)c2ncccc2N)C1. The fourth-order valence-electron chi connectivity index (χ4n) is 2.15. The third-order valence-electron chi connectivity index (χ3n) is 3.01. The Kier molecular flexibility index (Phi) is 3.58. The molecule has 2 heterocycles. The van der Waals surface area contributed by atoms with Crippen LogP contribution in [0.4, 0.5) is 5.69 Å². The summed E-state index contributed by atoms with van der Waals surface area (Å²) < 4.78 is 0. The Labute approximate surface area is 101 Å². The molecule has 1 amide bonds. The van der Waals surface area contributed by atoms with Crippen molar-refractivity contribution in [2.24, 2.45) is 0 Å². The van der Waals surface area contributed by atoms with Gasteiger partial charge in [-0.05, 0) is 38.6 Å². The van der Waals surface area contributed by atoms with Crippen LogP contribution in [0, 0.1) is 0 Å². The Hall–Kier alpha value is -1.62. The number of anilines is 1. The summed E-state index contributed by atoms with van der Waals surface area (Å²) in [5.41, 5.74) is 6.47. The summed E-state index contributed by atoms with van der Waals surface area (Å²) in [6.07, 6.45) is 3.71. The van der Waals surface area contributed by atoms with Crippen molar-refractivity contribution in [2.45, 2.75) is 18.9 Å². The van der Waals surface area contributed by atoms with Crippen LogP contribution < -0.4 is 11.1 Å². The van der Waals surface area contributed by atoms with Crippen molar-refractivity contribution in [3.63, 3.8) is 0 Å². The molecule has 5 heteroatoms. The van der Waals surface area contributed by atoms with Crippen molar-refractivity contribution < 1.29 is 4.79 Å². The van der Waals surface area contributed by atoms with E-state index in [1.807, 2.05) is 0 Å². The lowest BCUT2D eigenvalue weighted by Gasteiger charge is -2.30. The van der Waals surface area contributed by atoms with Crippen molar-refractivity contribution >= 4 is 11.6 Å². The molecule has 1 fully saturated rings. The predicted molar refractivity (Wildman–Crippen MR) is 66.6 cm³/mol. The summed E-state index contributed by atoms with van der Waals surface area (Å²) in [4.78, 5) is 18.2. The molecule has 3 N–H and O–H groups in total. The highest BCUT2D eigenvalue weighted by atomic mass is 16.2. The van der Waals surface area contributed by atoms with E-state index >= 15 is 0 Å². The first kappa shape index (κ1) is 11.9. The summed E-state index contributed by atoms with van der Waals surface area (Å²) in [6.45, 7) is 1.98. The van der Waals surface area contributed by atoms with Crippen molar-refractivity contribution in [3.05, 3.63) is 24.0 Å². The minimum absolute atomic E-state index is 0.177. The minimum atomic E-state index is -0.177. The van der Waals surface area contributed by atoms with Crippen LogP contribution >= 0.6 is 0 Å². The molecule has 0 aromatic carbocycles. The third-order valence-corrected chi connectivity index (χ3v) is 3.01. The summed E-state index contributed by atoms with van der Waals surface area (Å²) in [5.74, 6) is -0.177. The van der Waals surface area contributed by atoms with Crippen molar-refractivity contribution in [1.82, 2.24) is 15.2 Å². The van der Waals surface area contributed by atoms with Crippen LogP contribution in [0.1, 0.15) is 23.3 Å². The van der Waals surface area contributed by atoms with Crippen LogP contribution in [0.2, 0.25) is 0 Å². The zero-order valence-electron chi connectivity index (χ0n) is 10.0. The van der Waals surface area contributed by atoms with Crippen LogP contribution in [-0.2, 0) is 0 Å². The van der Waals surface area contributed by atoms with Gasteiger partial charge in [-0.1, -0.05) is 0 Å². The number of carbonyl (C=O) groups is 1. The van der Waals surface area contributed by atoms with E-state index in [2.05, 4.69) is 22.2 Å². The highest BCUT2D eigenvalue weighted by Crippen LogP contribution is 2.11. The first-order valence-corrected chi connectivity index (χ1v) is 5.86. The fraction of sp³-hybridized carbons (Fsp3) is 0.500. The zero-order chi connectivity index (χ0) is 12.3. The van der Waals surface area contributed by atoms with Gasteiger partial charge in [0.1, 0.15) is 0 Å². The normalized spacial score (nSPS) is 21.1. The van der Waals surface area contributed by atoms with Crippen LogP contribution in [0.25, 0.3) is 0 Å². The second kappa shape index (κ2) is 5.14. The fourth-order valence-corrected chi connectivity index (χ4v) is 2.15. The van der Waals surface area contributed by atoms with Crippen LogP contribution in [-0.4, -0.2) is 42.0 Å². The van der Waals surface area contributed by atoms with Gasteiger partial charge in [0.2, 0.25) is 0 Å². The number of likely N-dealkylation sites (tertiary alicyclic amines) is 1. The van der Waals surface area contributed by atoms with E-state index in [-0.39, 0.29) is 11.9 Å². The number of aromatic nitrogens is 1. The number of nitrogens with one attached hydrogen (secondary N) is 1. The first-order valence-electron chi connectivity index (χ1n) is 5.86. The second-order valence-electron chi connectivity index (χ2n) is 4.52. The van der Waals surface area contributed by atoms with Gasteiger partial charge in [0, 0.05) is 18.8 Å². The number of hydrogen-bond donors (Lipinski definition) is 2. The number of rotatable bonds is 2. The number of nitrogens with two attached hydrogens (primary N) is 1. The van der Waals surface area contributed by atoms with E-state index in [4.69, 9.17) is 5.73 Å². The third kappa shape index (κ3) is 2.94. The lowest BCUT2D eigenvalue weighted by molar-refractivity contribution is 0.0908. The van der Waals surface area contributed by atoms with Crippen LogP contribution in [0.5, 0.6) is 0 Å². The van der Waals surface area contributed by atoms with Gasteiger partial charge in [-0.3, -0.25) is 4.79 Å². The maximum absolute atomic E-state index is 12.0. The molecule has 0 saturated carbocycles. The number of amides is 1. The Bertz CT molecular complexity index is 407. The largest absolute Gasteiger partial charge is 0.397 e. The molecule has 17 heavy (non-hydrogen) atoms. The molecule has 0 aliphatic carbocycles. The van der Waals surface area contributed by atoms with E-state index in [0.717, 1.165) is 25.9 Å². The molecule has 0 radical (unpaired) electrons. The van der Waals surface area contributed by atoms with Crippen LogP contribution in [0.15, 0.2) is 18.3 Å². The number of hydrogen-bond acceptors (Lipinski definition) is 4. The Morgan fingerprint density at radius 2 is 2.47 bits per heavy atom. The topological polar surface area (TPSA) is 71.2 Å². The maximum Gasteiger partial charge on any atom is 0.272 e. The number of nitrogen functional groups attached to an aromatic ring is 1. The molecule has 1 saturated heterocycles. The van der Waals surface area contributed by atoms with Gasteiger partial charge in [0.15, 0.2) is 5.69 Å². The van der Waals surface area contributed by atoms with E-state index in [1.165, 1.54) is 0 Å². The Morgan fingerprint density at radius 3 is 3.18 bits per heavy atom. The maximum atomic E-state index is 12.0.